The highest BCUT2D eigenvalue weighted by Gasteiger charge is 2.22. The number of methoxy groups -OCH3 is 1. The zero-order valence-electron chi connectivity index (χ0n) is 5.42. The van der Waals surface area contributed by atoms with Crippen molar-refractivity contribution in [1.82, 2.24) is 0 Å². The number of esters is 1. The Kier molecular flexibility index (Phi) is 2.05. The Labute approximate surface area is 53.9 Å². The third-order valence-corrected chi connectivity index (χ3v) is 1.34. The van der Waals surface area contributed by atoms with Gasteiger partial charge in [-0.2, -0.15) is 0 Å². The topological polar surface area (TPSA) is 35.5 Å². The summed E-state index contributed by atoms with van der Waals surface area (Å²) in [6.45, 7) is 1.17. The smallest absolute Gasteiger partial charge is 0.306 e. The average molecular weight is 130 g/mol. The lowest BCUT2D eigenvalue weighted by Gasteiger charge is -2.00. The normalized spacial score (nSPS) is 26.3. The Morgan fingerprint density at radius 2 is 2.67 bits per heavy atom. The molecule has 1 aliphatic rings. The van der Waals surface area contributed by atoms with E-state index in [-0.39, 0.29) is 5.97 Å². The molecule has 9 heavy (non-hydrogen) atoms. The molecule has 0 aromatic heterocycles. The van der Waals surface area contributed by atoms with E-state index in [1.54, 1.807) is 7.11 Å². The summed E-state index contributed by atoms with van der Waals surface area (Å²) in [5, 5.41) is 0. The molecule has 3 heteroatoms. The number of hydrogen-bond donors (Lipinski definition) is 0. The number of carbonyl (C=O) groups excluding carboxylic acids is 1. The molecular weight excluding hydrogens is 120 g/mol. The number of ether oxygens (including phenoxy) is 2. The molecule has 1 fully saturated rings. The van der Waals surface area contributed by atoms with E-state index in [1.807, 2.05) is 0 Å². The van der Waals surface area contributed by atoms with Crippen molar-refractivity contribution < 1.29 is 14.3 Å². The summed E-state index contributed by atoms with van der Waals surface area (Å²) in [6, 6.07) is 0. The van der Waals surface area contributed by atoms with Gasteiger partial charge in [-0.3, -0.25) is 4.79 Å². The van der Waals surface area contributed by atoms with Crippen LogP contribution in [-0.4, -0.2) is 26.3 Å². The number of hydrogen-bond acceptors (Lipinski definition) is 3. The van der Waals surface area contributed by atoms with Gasteiger partial charge < -0.3 is 9.47 Å². The first kappa shape index (κ1) is 6.55. The maximum absolute atomic E-state index is 10.5. The van der Waals surface area contributed by atoms with Gasteiger partial charge in [0, 0.05) is 13.0 Å². The van der Waals surface area contributed by atoms with E-state index in [0.717, 1.165) is 0 Å². The number of rotatable bonds is 2. The summed E-state index contributed by atoms with van der Waals surface area (Å²) in [5.41, 5.74) is 0. The quantitative estimate of drug-likeness (QED) is 0.501. The Morgan fingerprint density at radius 3 is 3.11 bits per heavy atom. The first-order chi connectivity index (χ1) is 4.33. The summed E-state index contributed by atoms with van der Waals surface area (Å²) < 4.78 is 9.54. The highest BCUT2D eigenvalue weighted by Crippen LogP contribution is 2.12. The first-order valence-electron chi connectivity index (χ1n) is 2.97. The molecule has 0 bridgehead atoms. The van der Waals surface area contributed by atoms with E-state index in [1.165, 1.54) is 0 Å². The van der Waals surface area contributed by atoms with Crippen LogP contribution in [0.2, 0.25) is 0 Å². The Morgan fingerprint density at radius 1 is 1.89 bits per heavy atom. The first-order valence-corrected chi connectivity index (χ1v) is 2.97. The van der Waals surface area contributed by atoms with Crippen LogP contribution in [0.4, 0.5) is 0 Å². The van der Waals surface area contributed by atoms with Gasteiger partial charge in [-0.15, -0.1) is 0 Å². The molecule has 0 aromatic rings. The summed E-state index contributed by atoms with van der Waals surface area (Å²) in [6.07, 6.45) is 0.522. The monoisotopic (exact) mass is 130 g/mol. The predicted octanol–water partition coefficient (Wildman–Crippen LogP) is 0.196. The van der Waals surface area contributed by atoms with E-state index in [9.17, 15) is 4.79 Å². The van der Waals surface area contributed by atoms with Crippen molar-refractivity contribution in [2.24, 2.45) is 5.92 Å². The van der Waals surface area contributed by atoms with Crippen LogP contribution >= 0.6 is 0 Å². The minimum absolute atomic E-state index is 0.1000. The Balaban J connectivity index is 2.22. The lowest BCUT2D eigenvalue weighted by molar-refractivity contribution is -0.137. The molecular formula is C6H10O3. The number of carbonyl (C=O) groups is 1. The van der Waals surface area contributed by atoms with Gasteiger partial charge in [-0.05, 0) is 0 Å². The van der Waals surface area contributed by atoms with Gasteiger partial charge in [-0.25, -0.2) is 0 Å². The Hall–Kier alpha value is -0.570. The van der Waals surface area contributed by atoms with Gasteiger partial charge in [0.05, 0.1) is 19.6 Å². The van der Waals surface area contributed by atoms with Crippen molar-refractivity contribution in [3.8, 4) is 0 Å². The molecule has 0 N–H and O–H groups in total. The molecule has 1 heterocycles. The molecule has 52 valence electrons. The van der Waals surface area contributed by atoms with E-state index in [4.69, 9.17) is 9.47 Å². The van der Waals surface area contributed by atoms with Gasteiger partial charge >= 0.3 is 5.97 Å². The summed E-state index contributed by atoms with van der Waals surface area (Å²) in [4.78, 5) is 10.5. The van der Waals surface area contributed by atoms with Crippen LogP contribution in [0.5, 0.6) is 0 Å². The molecule has 0 radical (unpaired) electrons. The van der Waals surface area contributed by atoms with Crippen LogP contribution < -0.4 is 0 Å². The highest BCUT2D eigenvalue weighted by atomic mass is 16.5. The SMILES string of the molecule is COCC1COC(=O)C1. The lowest BCUT2D eigenvalue weighted by atomic mass is 10.1. The minimum Gasteiger partial charge on any atom is -0.465 e. The second-order valence-electron chi connectivity index (χ2n) is 2.21. The molecule has 1 aliphatic heterocycles. The summed E-state index contributed by atoms with van der Waals surface area (Å²) in [5.74, 6) is 0.194. The van der Waals surface area contributed by atoms with E-state index in [2.05, 4.69) is 0 Å². The lowest BCUT2D eigenvalue weighted by Crippen LogP contribution is -2.06. The molecule has 1 saturated heterocycles. The fourth-order valence-electron chi connectivity index (χ4n) is 0.907. The van der Waals surface area contributed by atoms with Crippen LogP contribution in [0.25, 0.3) is 0 Å². The van der Waals surface area contributed by atoms with Gasteiger partial charge in [0.2, 0.25) is 0 Å². The van der Waals surface area contributed by atoms with E-state index >= 15 is 0 Å². The van der Waals surface area contributed by atoms with Crippen molar-refractivity contribution in [3.05, 3.63) is 0 Å². The van der Waals surface area contributed by atoms with Crippen LogP contribution in [0.3, 0.4) is 0 Å². The zero-order chi connectivity index (χ0) is 6.69. The van der Waals surface area contributed by atoms with Crippen molar-refractivity contribution in [2.45, 2.75) is 6.42 Å². The van der Waals surface area contributed by atoms with Crippen LogP contribution in [0, 0.1) is 5.92 Å². The van der Waals surface area contributed by atoms with Crippen molar-refractivity contribution in [2.75, 3.05) is 20.3 Å². The fourth-order valence-corrected chi connectivity index (χ4v) is 0.907. The van der Waals surface area contributed by atoms with Gasteiger partial charge in [0.25, 0.3) is 0 Å². The van der Waals surface area contributed by atoms with Crippen molar-refractivity contribution >= 4 is 5.97 Å². The van der Waals surface area contributed by atoms with Crippen molar-refractivity contribution in [3.63, 3.8) is 0 Å². The molecule has 0 saturated carbocycles. The van der Waals surface area contributed by atoms with Crippen molar-refractivity contribution in [1.29, 1.82) is 0 Å². The molecule has 3 nitrogen and oxygen atoms in total. The van der Waals surface area contributed by atoms with Gasteiger partial charge in [0.15, 0.2) is 0 Å². The molecule has 0 amide bonds. The van der Waals surface area contributed by atoms with E-state index in [0.29, 0.717) is 25.6 Å². The third kappa shape index (κ3) is 1.68. The van der Waals surface area contributed by atoms with Crippen LogP contribution in [-0.2, 0) is 14.3 Å². The van der Waals surface area contributed by atoms with Gasteiger partial charge in [-0.1, -0.05) is 0 Å². The second kappa shape index (κ2) is 2.82. The van der Waals surface area contributed by atoms with Crippen LogP contribution in [0.1, 0.15) is 6.42 Å². The molecule has 0 aromatic carbocycles. The summed E-state index contributed by atoms with van der Waals surface area (Å²) in [7, 11) is 1.63. The average Bonchev–Trinajstić information content (AvgIpc) is 2.17. The number of cyclic esters (lactones) is 1. The predicted molar refractivity (Wildman–Crippen MR) is 30.9 cm³/mol. The largest absolute Gasteiger partial charge is 0.465 e. The highest BCUT2D eigenvalue weighted by molar-refractivity contribution is 5.71. The Bertz CT molecular complexity index is 111. The van der Waals surface area contributed by atoms with Gasteiger partial charge in [0.1, 0.15) is 0 Å². The second-order valence-corrected chi connectivity index (χ2v) is 2.21. The summed E-state index contributed by atoms with van der Waals surface area (Å²) >= 11 is 0. The maximum Gasteiger partial charge on any atom is 0.306 e. The molecule has 1 atom stereocenters. The molecule has 0 spiro atoms. The van der Waals surface area contributed by atoms with E-state index < -0.39 is 0 Å². The van der Waals surface area contributed by atoms with Crippen LogP contribution in [0.15, 0.2) is 0 Å². The molecule has 1 unspecified atom stereocenters. The maximum atomic E-state index is 10.5. The fraction of sp³-hybridized carbons (Fsp3) is 0.833. The minimum atomic E-state index is -0.1000. The third-order valence-electron chi connectivity index (χ3n) is 1.34. The zero-order valence-corrected chi connectivity index (χ0v) is 5.42. The standard InChI is InChI=1S/C6H10O3/c1-8-3-5-2-6(7)9-4-5/h5H,2-4H2,1H3. The molecule has 0 aliphatic carbocycles. The molecule has 1 rings (SSSR count).